The lowest BCUT2D eigenvalue weighted by Gasteiger charge is -2.22. The molecule has 154 valence electrons. The number of aromatic nitrogens is 7. The number of pyridine rings is 1. The Morgan fingerprint density at radius 3 is 2.60 bits per heavy atom. The third-order valence-electron chi connectivity index (χ3n) is 5.06. The molecular formula is C18H19N9O2S. The van der Waals surface area contributed by atoms with Crippen LogP contribution in [0.2, 0.25) is 0 Å². The summed E-state index contributed by atoms with van der Waals surface area (Å²) >= 11 is 0. The molecule has 11 nitrogen and oxygen atoms in total. The van der Waals surface area contributed by atoms with Gasteiger partial charge in [0.25, 0.3) is 10.0 Å². The van der Waals surface area contributed by atoms with Gasteiger partial charge < -0.3 is 9.88 Å². The Morgan fingerprint density at radius 1 is 0.933 bits per heavy atom. The lowest BCUT2D eigenvalue weighted by molar-refractivity contribution is 0.431. The van der Waals surface area contributed by atoms with Crippen LogP contribution in [0, 0.1) is 0 Å². The molecule has 0 aliphatic carbocycles. The summed E-state index contributed by atoms with van der Waals surface area (Å²) in [5.74, 6) is 1.38. The number of imidazole rings is 1. The third-order valence-corrected chi connectivity index (χ3v) is 6.88. The molecule has 1 aliphatic rings. The van der Waals surface area contributed by atoms with E-state index in [1.54, 1.807) is 16.9 Å². The highest BCUT2D eigenvalue weighted by Crippen LogP contribution is 2.21. The summed E-state index contributed by atoms with van der Waals surface area (Å²) in [4.78, 5) is 12.6. The fourth-order valence-corrected chi connectivity index (χ4v) is 4.88. The van der Waals surface area contributed by atoms with Crippen molar-refractivity contribution in [2.45, 2.75) is 11.4 Å². The minimum Gasteiger partial charge on any atom is -0.354 e. The van der Waals surface area contributed by atoms with E-state index in [-0.39, 0.29) is 5.03 Å². The molecule has 0 bridgehead atoms. The van der Waals surface area contributed by atoms with E-state index in [1.165, 1.54) is 16.8 Å². The summed E-state index contributed by atoms with van der Waals surface area (Å²) in [6.07, 6.45) is 6.79. The van der Waals surface area contributed by atoms with Crippen molar-refractivity contribution >= 4 is 21.5 Å². The summed E-state index contributed by atoms with van der Waals surface area (Å²) in [5, 5.41) is 13.3. The second-order valence-corrected chi connectivity index (χ2v) is 8.79. The number of rotatable bonds is 4. The van der Waals surface area contributed by atoms with Crippen molar-refractivity contribution in [2.24, 2.45) is 0 Å². The number of anilines is 1. The second-order valence-electron chi connectivity index (χ2n) is 6.88. The number of nitrogens with one attached hydrogen (secondary N) is 1. The molecule has 5 rings (SSSR count). The Labute approximate surface area is 172 Å². The van der Waals surface area contributed by atoms with Gasteiger partial charge in [-0.1, -0.05) is 0 Å². The van der Waals surface area contributed by atoms with Crippen LogP contribution in [0.1, 0.15) is 6.42 Å². The molecule has 4 aromatic rings. The van der Waals surface area contributed by atoms with Crippen molar-refractivity contribution in [3.05, 3.63) is 49.2 Å². The molecule has 0 saturated carbocycles. The first-order chi connectivity index (χ1) is 14.6. The maximum atomic E-state index is 12.8. The van der Waals surface area contributed by atoms with Crippen LogP contribution in [-0.4, -0.2) is 73.7 Å². The van der Waals surface area contributed by atoms with E-state index in [9.17, 15) is 8.42 Å². The molecule has 0 aromatic carbocycles. The van der Waals surface area contributed by atoms with Gasteiger partial charge in [-0.2, -0.15) is 8.82 Å². The van der Waals surface area contributed by atoms with Crippen LogP contribution in [-0.2, 0) is 10.0 Å². The number of H-pyrrole nitrogens is 1. The Hall–Kier alpha value is -3.38. The van der Waals surface area contributed by atoms with Crippen LogP contribution >= 0.6 is 0 Å². The molecule has 0 spiro atoms. The largest absolute Gasteiger partial charge is 0.354 e. The molecule has 5 heterocycles. The van der Waals surface area contributed by atoms with Gasteiger partial charge in [0.2, 0.25) is 0 Å². The van der Waals surface area contributed by atoms with Gasteiger partial charge in [-0.05, 0) is 30.7 Å². The summed E-state index contributed by atoms with van der Waals surface area (Å²) in [5.41, 5.74) is 1.51. The second kappa shape index (κ2) is 7.46. The minimum atomic E-state index is -3.58. The van der Waals surface area contributed by atoms with E-state index >= 15 is 0 Å². The normalized spacial score (nSPS) is 16.1. The summed E-state index contributed by atoms with van der Waals surface area (Å²) in [6.45, 7) is 2.02. The average molecular weight is 425 g/mol. The van der Waals surface area contributed by atoms with Gasteiger partial charge in [0.1, 0.15) is 5.82 Å². The predicted octanol–water partition coefficient (Wildman–Crippen LogP) is 0.810. The van der Waals surface area contributed by atoms with Crippen molar-refractivity contribution in [2.75, 3.05) is 31.1 Å². The average Bonchev–Trinajstić information content (AvgIpc) is 3.39. The van der Waals surface area contributed by atoms with E-state index in [0.29, 0.717) is 44.1 Å². The molecular weight excluding hydrogens is 406 g/mol. The molecule has 0 unspecified atom stereocenters. The van der Waals surface area contributed by atoms with Gasteiger partial charge in [0, 0.05) is 44.1 Å². The summed E-state index contributed by atoms with van der Waals surface area (Å²) in [7, 11) is -3.58. The number of nitrogens with zero attached hydrogens (tertiary/aromatic N) is 8. The van der Waals surface area contributed by atoms with Crippen molar-refractivity contribution in [3.8, 4) is 11.4 Å². The van der Waals surface area contributed by atoms with E-state index in [0.717, 1.165) is 11.4 Å². The molecule has 4 aromatic heterocycles. The molecule has 12 heteroatoms. The quantitative estimate of drug-likeness (QED) is 0.509. The number of sulfonamides is 1. The highest BCUT2D eigenvalue weighted by atomic mass is 32.2. The zero-order valence-electron chi connectivity index (χ0n) is 16.0. The molecule has 0 radical (unpaired) electrons. The van der Waals surface area contributed by atoms with Crippen LogP contribution < -0.4 is 4.90 Å². The van der Waals surface area contributed by atoms with Crippen LogP contribution in [0.15, 0.2) is 54.2 Å². The van der Waals surface area contributed by atoms with Crippen LogP contribution in [0.3, 0.4) is 0 Å². The Bertz CT molecular complexity index is 1260. The van der Waals surface area contributed by atoms with E-state index in [2.05, 4.69) is 30.0 Å². The molecule has 1 saturated heterocycles. The molecule has 0 atom stereocenters. The molecule has 1 N–H and O–H groups in total. The number of hydrogen-bond acceptors (Lipinski definition) is 8. The maximum absolute atomic E-state index is 12.8. The fourth-order valence-electron chi connectivity index (χ4n) is 3.52. The van der Waals surface area contributed by atoms with Gasteiger partial charge in [0.05, 0.1) is 12.5 Å². The Balaban J connectivity index is 1.41. The first kappa shape index (κ1) is 18.6. The maximum Gasteiger partial charge on any atom is 0.260 e. The van der Waals surface area contributed by atoms with Crippen LogP contribution in [0.25, 0.3) is 17.0 Å². The SMILES string of the molecule is O=S(=O)(c1cnc[nH]1)N1CCCN(c2ccc3nnc(-c4ccncc4)n3n2)CC1. The van der Waals surface area contributed by atoms with Gasteiger partial charge >= 0.3 is 0 Å². The highest BCUT2D eigenvalue weighted by molar-refractivity contribution is 7.89. The number of aromatic amines is 1. The lowest BCUT2D eigenvalue weighted by atomic mass is 10.2. The first-order valence-electron chi connectivity index (χ1n) is 9.49. The Morgan fingerprint density at radius 2 is 1.80 bits per heavy atom. The standard InChI is InChI=1S/C18H19N9O2S/c28-30(29,17-12-20-13-21-17)26-9-1-8-25(10-11-26)16-3-2-15-22-23-18(27(15)24-16)14-4-6-19-7-5-14/h2-7,12-13H,1,8-11H2,(H,20,21). The zero-order valence-corrected chi connectivity index (χ0v) is 16.8. The van der Waals surface area contributed by atoms with Gasteiger partial charge in [-0.25, -0.2) is 13.4 Å². The number of fused-ring (bicyclic) bond motifs is 1. The molecule has 0 amide bonds. The summed E-state index contributed by atoms with van der Waals surface area (Å²) in [6, 6.07) is 7.47. The van der Waals surface area contributed by atoms with Crippen molar-refractivity contribution < 1.29 is 8.42 Å². The highest BCUT2D eigenvalue weighted by Gasteiger charge is 2.28. The van der Waals surface area contributed by atoms with Crippen LogP contribution in [0.4, 0.5) is 5.82 Å². The van der Waals surface area contributed by atoms with Crippen LogP contribution in [0.5, 0.6) is 0 Å². The van der Waals surface area contributed by atoms with Gasteiger partial charge in [-0.3, -0.25) is 4.98 Å². The van der Waals surface area contributed by atoms with E-state index in [4.69, 9.17) is 5.10 Å². The first-order valence-corrected chi connectivity index (χ1v) is 10.9. The third kappa shape index (κ3) is 3.29. The topological polar surface area (TPSA) is 125 Å². The number of hydrogen-bond donors (Lipinski definition) is 1. The lowest BCUT2D eigenvalue weighted by Crippen LogP contribution is -2.35. The van der Waals surface area contributed by atoms with Crippen molar-refractivity contribution in [3.63, 3.8) is 0 Å². The van der Waals surface area contributed by atoms with Crippen molar-refractivity contribution in [1.82, 2.24) is 39.1 Å². The Kier molecular flexibility index (Phi) is 4.64. The molecule has 30 heavy (non-hydrogen) atoms. The molecule has 1 fully saturated rings. The van der Waals surface area contributed by atoms with Gasteiger partial charge in [-0.15, -0.1) is 15.3 Å². The smallest absolute Gasteiger partial charge is 0.260 e. The summed E-state index contributed by atoms with van der Waals surface area (Å²) < 4.78 is 28.8. The zero-order chi connectivity index (χ0) is 20.6. The van der Waals surface area contributed by atoms with Crippen molar-refractivity contribution in [1.29, 1.82) is 0 Å². The minimum absolute atomic E-state index is 0.113. The predicted molar refractivity (Wildman–Crippen MR) is 108 cm³/mol. The van der Waals surface area contributed by atoms with Gasteiger partial charge in [0.15, 0.2) is 16.5 Å². The van der Waals surface area contributed by atoms with E-state index in [1.807, 2.05) is 24.3 Å². The monoisotopic (exact) mass is 425 g/mol. The fraction of sp³-hybridized carbons (Fsp3) is 0.278. The van der Waals surface area contributed by atoms with E-state index < -0.39 is 10.0 Å². The molecule has 1 aliphatic heterocycles.